The molecule has 1 unspecified atom stereocenters. The van der Waals surface area contributed by atoms with Gasteiger partial charge in [-0.05, 0) is 42.6 Å². The Morgan fingerprint density at radius 3 is 2.15 bits per heavy atom. The predicted octanol–water partition coefficient (Wildman–Crippen LogP) is 5.39. The molecule has 0 spiro atoms. The molecule has 2 heteroatoms. The Bertz CT molecular complexity index is 438. The van der Waals surface area contributed by atoms with Crippen LogP contribution in [0.15, 0.2) is 30.3 Å². The Morgan fingerprint density at radius 1 is 1.10 bits per heavy atom. The lowest BCUT2D eigenvalue weighted by atomic mass is 9.69. The molecule has 0 amide bonds. The molecular weight excluding hydrogens is 268 g/mol. The van der Waals surface area contributed by atoms with Crippen molar-refractivity contribution in [3.05, 3.63) is 35.9 Å². The Kier molecular flexibility index (Phi) is 4.90. The van der Waals surface area contributed by atoms with Crippen molar-refractivity contribution in [3.63, 3.8) is 0 Å². The van der Waals surface area contributed by atoms with E-state index in [1.54, 1.807) is 0 Å². The van der Waals surface area contributed by atoms with E-state index in [4.69, 9.17) is 11.6 Å². The molecule has 1 aromatic carbocycles. The van der Waals surface area contributed by atoms with Crippen LogP contribution in [-0.2, 0) is 4.79 Å². The third kappa shape index (κ3) is 3.63. The zero-order valence-corrected chi connectivity index (χ0v) is 13.5. The summed E-state index contributed by atoms with van der Waals surface area (Å²) in [6, 6.07) is 9.71. The molecule has 1 aliphatic carbocycles. The van der Waals surface area contributed by atoms with Crippen LogP contribution in [0.2, 0.25) is 0 Å². The molecule has 20 heavy (non-hydrogen) atoms. The minimum atomic E-state index is -0.479. The highest BCUT2D eigenvalue weighted by Gasteiger charge is 2.34. The maximum Gasteiger partial charge on any atom is 0.158 e. The number of hydrogen-bond donors (Lipinski definition) is 0. The molecule has 0 bridgehead atoms. The van der Waals surface area contributed by atoms with Crippen LogP contribution in [0.3, 0.4) is 0 Å². The third-order valence-corrected chi connectivity index (χ3v) is 5.16. The first-order valence-electron chi connectivity index (χ1n) is 7.62. The summed E-state index contributed by atoms with van der Waals surface area (Å²) in [5.41, 5.74) is 1.28. The van der Waals surface area contributed by atoms with Crippen LogP contribution >= 0.6 is 11.6 Å². The van der Waals surface area contributed by atoms with Crippen LogP contribution in [-0.4, -0.2) is 5.78 Å². The quantitative estimate of drug-likeness (QED) is 0.683. The fourth-order valence-corrected chi connectivity index (χ4v) is 3.56. The smallest absolute Gasteiger partial charge is 0.158 e. The van der Waals surface area contributed by atoms with Gasteiger partial charge >= 0.3 is 0 Å². The number of rotatable bonds is 3. The zero-order chi connectivity index (χ0) is 14.8. The molecule has 2 rings (SSSR count). The van der Waals surface area contributed by atoms with Gasteiger partial charge in [0.05, 0.1) is 0 Å². The molecule has 0 radical (unpaired) electrons. The number of carbonyl (C=O) groups excluding carboxylic acids is 1. The van der Waals surface area contributed by atoms with Gasteiger partial charge in [0.1, 0.15) is 5.38 Å². The number of ketones is 1. The average molecular weight is 293 g/mol. The summed E-state index contributed by atoms with van der Waals surface area (Å²) in [5.74, 6) is 1.10. The number of benzene rings is 1. The summed E-state index contributed by atoms with van der Waals surface area (Å²) >= 11 is 6.37. The van der Waals surface area contributed by atoms with Crippen LogP contribution in [0.1, 0.15) is 57.4 Å². The van der Waals surface area contributed by atoms with E-state index in [0.29, 0.717) is 5.41 Å². The third-order valence-electron chi connectivity index (χ3n) is 4.70. The van der Waals surface area contributed by atoms with Crippen molar-refractivity contribution in [1.82, 2.24) is 0 Å². The number of carbonyl (C=O) groups is 1. The Morgan fingerprint density at radius 2 is 1.65 bits per heavy atom. The topological polar surface area (TPSA) is 17.1 Å². The van der Waals surface area contributed by atoms with Gasteiger partial charge in [0.2, 0.25) is 0 Å². The van der Waals surface area contributed by atoms with E-state index in [1.165, 1.54) is 0 Å². The van der Waals surface area contributed by atoms with E-state index in [9.17, 15) is 4.79 Å². The van der Waals surface area contributed by atoms with Gasteiger partial charge in [0.15, 0.2) is 5.78 Å². The largest absolute Gasteiger partial charge is 0.297 e. The van der Waals surface area contributed by atoms with Gasteiger partial charge in [-0.25, -0.2) is 0 Å². The monoisotopic (exact) mass is 292 g/mol. The lowest BCUT2D eigenvalue weighted by molar-refractivity contribution is -0.124. The van der Waals surface area contributed by atoms with Gasteiger partial charge in [0.25, 0.3) is 0 Å². The molecule has 0 N–H and O–H groups in total. The molecule has 1 saturated carbocycles. The van der Waals surface area contributed by atoms with Crippen molar-refractivity contribution in [1.29, 1.82) is 0 Å². The minimum Gasteiger partial charge on any atom is -0.297 e. The molecule has 0 aromatic heterocycles. The van der Waals surface area contributed by atoms with Gasteiger partial charge in [-0.15, -0.1) is 11.6 Å². The van der Waals surface area contributed by atoms with E-state index >= 15 is 0 Å². The van der Waals surface area contributed by atoms with Crippen LogP contribution in [0.4, 0.5) is 0 Å². The van der Waals surface area contributed by atoms with Crippen molar-refractivity contribution in [2.75, 3.05) is 0 Å². The number of halogens is 1. The number of Topliss-reactive ketones (excluding diaryl/α,β-unsaturated/α-hetero) is 1. The van der Waals surface area contributed by atoms with Crippen molar-refractivity contribution in [2.24, 2.45) is 17.3 Å². The van der Waals surface area contributed by atoms with Crippen molar-refractivity contribution in [2.45, 2.75) is 51.8 Å². The Hall–Kier alpha value is -0.820. The van der Waals surface area contributed by atoms with Gasteiger partial charge < -0.3 is 0 Å². The van der Waals surface area contributed by atoms with Crippen molar-refractivity contribution >= 4 is 17.4 Å². The molecule has 0 aliphatic heterocycles. The second-order valence-corrected chi connectivity index (χ2v) is 7.53. The fourth-order valence-electron chi connectivity index (χ4n) is 3.24. The maximum atomic E-state index is 12.5. The van der Waals surface area contributed by atoms with E-state index in [2.05, 4.69) is 20.8 Å². The van der Waals surface area contributed by atoms with E-state index in [1.807, 2.05) is 30.3 Å². The number of hydrogen-bond acceptors (Lipinski definition) is 1. The molecule has 110 valence electrons. The van der Waals surface area contributed by atoms with Gasteiger partial charge in [-0.1, -0.05) is 51.1 Å². The highest BCUT2D eigenvalue weighted by atomic mass is 35.5. The molecule has 1 atom stereocenters. The van der Waals surface area contributed by atoms with Crippen LogP contribution in [0.25, 0.3) is 0 Å². The second kappa shape index (κ2) is 6.30. The SMILES string of the molecule is CC(C)(C)C1CCC(C(=O)C(Cl)c2ccccc2)CC1. The van der Waals surface area contributed by atoms with Crippen LogP contribution < -0.4 is 0 Å². The van der Waals surface area contributed by atoms with E-state index in [-0.39, 0.29) is 11.7 Å². The summed E-state index contributed by atoms with van der Waals surface area (Å²) in [5, 5.41) is -0.479. The summed E-state index contributed by atoms with van der Waals surface area (Å²) < 4.78 is 0. The summed E-state index contributed by atoms with van der Waals surface area (Å²) in [6.45, 7) is 6.90. The van der Waals surface area contributed by atoms with E-state index < -0.39 is 5.38 Å². The normalized spacial score (nSPS) is 25.2. The summed E-state index contributed by atoms with van der Waals surface area (Å²) in [7, 11) is 0. The van der Waals surface area contributed by atoms with Gasteiger partial charge in [-0.3, -0.25) is 4.79 Å². The fraction of sp³-hybridized carbons (Fsp3) is 0.611. The molecule has 1 fully saturated rings. The second-order valence-electron chi connectivity index (χ2n) is 7.09. The average Bonchev–Trinajstić information content (AvgIpc) is 2.46. The van der Waals surface area contributed by atoms with Crippen LogP contribution in [0, 0.1) is 17.3 Å². The predicted molar refractivity (Wildman–Crippen MR) is 84.9 cm³/mol. The van der Waals surface area contributed by atoms with Crippen LogP contribution in [0.5, 0.6) is 0 Å². The number of alkyl halides is 1. The standard InChI is InChI=1S/C18H25ClO/c1-18(2,3)15-11-9-14(10-12-15)17(20)16(19)13-7-5-4-6-8-13/h4-8,14-16H,9-12H2,1-3H3. The first-order valence-corrected chi connectivity index (χ1v) is 8.06. The molecule has 1 aliphatic rings. The van der Waals surface area contributed by atoms with Gasteiger partial charge in [-0.2, -0.15) is 0 Å². The maximum absolute atomic E-state index is 12.5. The first kappa shape index (κ1) is 15.6. The molecular formula is C18H25ClO. The molecule has 1 aromatic rings. The molecule has 0 saturated heterocycles. The summed E-state index contributed by atoms with van der Waals surface area (Å²) in [6.07, 6.45) is 4.30. The minimum absolute atomic E-state index is 0.149. The highest BCUT2D eigenvalue weighted by molar-refractivity contribution is 6.31. The Labute approximate surface area is 127 Å². The van der Waals surface area contributed by atoms with E-state index in [0.717, 1.165) is 37.2 Å². The molecule has 0 heterocycles. The molecule has 1 nitrogen and oxygen atoms in total. The first-order chi connectivity index (χ1) is 9.39. The lowest BCUT2D eigenvalue weighted by Gasteiger charge is -2.36. The van der Waals surface area contributed by atoms with Crippen molar-refractivity contribution in [3.8, 4) is 0 Å². The highest BCUT2D eigenvalue weighted by Crippen LogP contribution is 2.41. The lowest BCUT2D eigenvalue weighted by Crippen LogP contribution is -2.30. The zero-order valence-electron chi connectivity index (χ0n) is 12.7. The summed E-state index contributed by atoms with van der Waals surface area (Å²) in [4.78, 5) is 12.5. The Balaban J connectivity index is 1.95. The van der Waals surface area contributed by atoms with Crippen molar-refractivity contribution < 1.29 is 4.79 Å². The van der Waals surface area contributed by atoms with Gasteiger partial charge in [0, 0.05) is 5.92 Å².